The number of β-lactam (4-membered cyclic amide) rings is 1. The molecule has 4 rings (SSSR count). The van der Waals surface area contributed by atoms with Crippen LogP contribution in [0.5, 0.6) is 0 Å². The molecule has 2 atom stereocenters. The van der Waals surface area contributed by atoms with Crippen molar-refractivity contribution >= 4 is 23.6 Å². The van der Waals surface area contributed by atoms with Crippen molar-refractivity contribution in [1.29, 1.82) is 0 Å². The lowest BCUT2D eigenvalue weighted by Crippen LogP contribution is -2.68. The minimum atomic E-state index is -0.585. The van der Waals surface area contributed by atoms with Crippen LogP contribution in [0.25, 0.3) is 0 Å². The third-order valence-electron chi connectivity index (χ3n) is 4.91. The molecule has 2 N–H and O–H groups in total. The van der Waals surface area contributed by atoms with Gasteiger partial charge < -0.3 is 10.5 Å². The highest BCUT2D eigenvalue weighted by atomic mass is 32.2. The summed E-state index contributed by atoms with van der Waals surface area (Å²) in [5, 5.41) is -0.231. The Morgan fingerprint density at radius 2 is 1.71 bits per heavy atom. The van der Waals surface area contributed by atoms with Gasteiger partial charge in [0.2, 0.25) is 5.91 Å². The standard InChI is InChI=1S/C22H20N2O3S/c1-2-14-13-28-21-17(23)20(25)24(21)18(14)22(26)27-19(15-9-5-3-6-10-15)16-11-7-4-8-12-16/h2-12,17,19,21H,1,13,23H2/t17-,21+/m1/s1. The summed E-state index contributed by atoms with van der Waals surface area (Å²) >= 11 is 1.53. The molecule has 2 aliphatic heterocycles. The molecule has 2 aromatic carbocycles. The van der Waals surface area contributed by atoms with Gasteiger partial charge in [-0.25, -0.2) is 4.79 Å². The molecule has 1 amide bonds. The summed E-state index contributed by atoms with van der Waals surface area (Å²) in [6, 6.07) is 18.5. The van der Waals surface area contributed by atoms with Gasteiger partial charge in [0.1, 0.15) is 17.1 Å². The van der Waals surface area contributed by atoms with Crippen LogP contribution in [-0.4, -0.2) is 33.9 Å². The number of ether oxygens (including phenoxy) is 1. The van der Waals surface area contributed by atoms with E-state index in [4.69, 9.17) is 10.5 Å². The summed E-state index contributed by atoms with van der Waals surface area (Å²) in [7, 11) is 0. The molecule has 0 radical (unpaired) electrons. The second-order valence-corrected chi connectivity index (χ2v) is 7.73. The lowest BCUT2D eigenvalue weighted by Gasteiger charge is -2.48. The Morgan fingerprint density at radius 3 is 2.25 bits per heavy atom. The molecule has 1 saturated heterocycles. The van der Waals surface area contributed by atoms with Crippen LogP contribution in [0, 0.1) is 0 Å². The van der Waals surface area contributed by atoms with E-state index in [9.17, 15) is 9.59 Å². The molecule has 28 heavy (non-hydrogen) atoms. The number of allylic oxidation sites excluding steroid dienone is 1. The highest BCUT2D eigenvalue weighted by Gasteiger charge is 2.52. The number of benzene rings is 2. The summed E-state index contributed by atoms with van der Waals surface area (Å²) in [6.45, 7) is 3.79. The second-order valence-electron chi connectivity index (χ2n) is 6.62. The molecule has 6 heteroatoms. The third-order valence-corrected chi connectivity index (χ3v) is 6.23. The average Bonchev–Trinajstić information content (AvgIpc) is 2.76. The SMILES string of the molecule is C=CC1=C(C(=O)OC(c2ccccc2)c2ccccc2)N2C(=O)[C@@H](N)[C@@H]2SC1. The zero-order chi connectivity index (χ0) is 19.7. The largest absolute Gasteiger partial charge is 0.448 e. The molecule has 0 saturated carbocycles. The number of carbonyl (C=O) groups excluding carboxylic acids is 2. The Morgan fingerprint density at radius 1 is 1.14 bits per heavy atom. The van der Waals surface area contributed by atoms with E-state index < -0.39 is 18.1 Å². The minimum Gasteiger partial charge on any atom is -0.448 e. The van der Waals surface area contributed by atoms with Crippen molar-refractivity contribution in [3.63, 3.8) is 0 Å². The van der Waals surface area contributed by atoms with Crippen LogP contribution in [0.4, 0.5) is 0 Å². The fraction of sp³-hybridized carbons (Fsp3) is 0.182. The maximum absolute atomic E-state index is 13.2. The van der Waals surface area contributed by atoms with Gasteiger partial charge in [-0.15, -0.1) is 11.8 Å². The lowest BCUT2D eigenvalue weighted by molar-refractivity contribution is -0.153. The molecule has 0 bridgehead atoms. The highest BCUT2D eigenvalue weighted by Crippen LogP contribution is 2.40. The van der Waals surface area contributed by atoms with Crippen LogP contribution >= 0.6 is 11.8 Å². The number of esters is 1. The lowest BCUT2D eigenvalue weighted by atomic mass is 10.0. The monoisotopic (exact) mass is 392 g/mol. The maximum Gasteiger partial charge on any atom is 0.356 e. The summed E-state index contributed by atoms with van der Waals surface area (Å²) < 4.78 is 5.94. The molecule has 0 unspecified atom stereocenters. The molecule has 142 valence electrons. The first-order valence-electron chi connectivity index (χ1n) is 8.98. The first-order chi connectivity index (χ1) is 13.6. The van der Waals surface area contributed by atoms with Gasteiger partial charge in [0.15, 0.2) is 6.10 Å². The molecule has 0 spiro atoms. The summed E-state index contributed by atoms with van der Waals surface area (Å²) in [6.07, 6.45) is 1.03. The van der Waals surface area contributed by atoms with Crippen molar-refractivity contribution in [2.24, 2.45) is 5.73 Å². The molecule has 1 fully saturated rings. The molecular weight excluding hydrogens is 372 g/mol. The number of nitrogens with zero attached hydrogens (tertiary/aromatic N) is 1. The van der Waals surface area contributed by atoms with E-state index in [0.717, 1.165) is 11.1 Å². The average molecular weight is 392 g/mol. The van der Waals surface area contributed by atoms with Gasteiger partial charge in [0.05, 0.1) is 0 Å². The number of hydrogen-bond donors (Lipinski definition) is 1. The molecule has 5 nitrogen and oxygen atoms in total. The van der Waals surface area contributed by atoms with Crippen molar-refractivity contribution in [2.45, 2.75) is 17.5 Å². The molecule has 0 aliphatic carbocycles. The van der Waals surface area contributed by atoms with E-state index >= 15 is 0 Å². The van der Waals surface area contributed by atoms with E-state index in [0.29, 0.717) is 11.3 Å². The van der Waals surface area contributed by atoms with Gasteiger partial charge in [0, 0.05) is 5.75 Å². The highest BCUT2D eigenvalue weighted by molar-refractivity contribution is 8.00. The number of nitrogens with two attached hydrogens (primary N) is 1. The van der Waals surface area contributed by atoms with E-state index in [1.807, 2.05) is 60.7 Å². The van der Waals surface area contributed by atoms with Crippen LogP contribution in [0.1, 0.15) is 17.2 Å². The molecule has 0 aromatic heterocycles. The molecule has 2 aromatic rings. The Balaban J connectivity index is 1.69. The van der Waals surface area contributed by atoms with Gasteiger partial charge >= 0.3 is 5.97 Å². The van der Waals surface area contributed by atoms with E-state index in [-0.39, 0.29) is 17.0 Å². The normalized spacial score (nSPS) is 21.2. The number of rotatable bonds is 5. The molecular formula is C22H20N2O3S. The predicted octanol–water partition coefficient (Wildman–Crippen LogP) is 3.00. The number of thioether (sulfide) groups is 1. The Bertz CT molecular complexity index is 903. The van der Waals surface area contributed by atoms with Crippen molar-refractivity contribution < 1.29 is 14.3 Å². The number of hydrogen-bond acceptors (Lipinski definition) is 5. The van der Waals surface area contributed by atoms with Gasteiger partial charge in [-0.2, -0.15) is 0 Å². The maximum atomic E-state index is 13.2. The van der Waals surface area contributed by atoms with Crippen molar-refractivity contribution in [3.05, 3.63) is 95.7 Å². The van der Waals surface area contributed by atoms with Gasteiger partial charge in [-0.1, -0.05) is 73.3 Å². The zero-order valence-electron chi connectivity index (χ0n) is 15.2. The van der Waals surface area contributed by atoms with Gasteiger partial charge in [-0.05, 0) is 16.7 Å². The second kappa shape index (κ2) is 7.66. The van der Waals surface area contributed by atoms with Crippen molar-refractivity contribution in [3.8, 4) is 0 Å². The van der Waals surface area contributed by atoms with E-state index in [1.54, 1.807) is 6.08 Å². The third kappa shape index (κ3) is 3.15. The number of fused-ring (bicyclic) bond motifs is 1. The smallest absolute Gasteiger partial charge is 0.356 e. The van der Waals surface area contributed by atoms with E-state index in [1.165, 1.54) is 16.7 Å². The summed E-state index contributed by atoms with van der Waals surface area (Å²) in [4.78, 5) is 27.0. The van der Waals surface area contributed by atoms with E-state index in [2.05, 4.69) is 6.58 Å². The zero-order valence-corrected chi connectivity index (χ0v) is 16.0. The predicted molar refractivity (Wildman–Crippen MR) is 109 cm³/mol. The van der Waals surface area contributed by atoms with Crippen molar-refractivity contribution in [1.82, 2.24) is 4.90 Å². The fourth-order valence-electron chi connectivity index (χ4n) is 3.43. The Labute approximate surface area is 167 Å². The van der Waals surface area contributed by atoms with Gasteiger partial charge in [-0.3, -0.25) is 9.69 Å². The number of amides is 1. The number of carbonyl (C=O) groups is 2. The first-order valence-corrected chi connectivity index (χ1v) is 10.0. The Kier molecular flexibility index (Phi) is 5.07. The minimum absolute atomic E-state index is 0.231. The van der Waals surface area contributed by atoms with Crippen LogP contribution in [0.15, 0.2) is 84.6 Å². The summed E-state index contributed by atoms with van der Waals surface area (Å²) in [5.74, 6) is -0.241. The van der Waals surface area contributed by atoms with Crippen LogP contribution in [0.3, 0.4) is 0 Å². The Hall–Kier alpha value is -2.83. The quantitative estimate of drug-likeness (QED) is 0.626. The molecule has 2 aliphatic rings. The van der Waals surface area contributed by atoms with Crippen LogP contribution in [-0.2, 0) is 14.3 Å². The van der Waals surface area contributed by atoms with Crippen LogP contribution < -0.4 is 5.73 Å². The topological polar surface area (TPSA) is 72.6 Å². The van der Waals surface area contributed by atoms with Gasteiger partial charge in [0.25, 0.3) is 0 Å². The fourth-order valence-corrected chi connectivity index (χ4v) is 4.72. The summed E-state index contributed by atoms with van der Waals surface area (Å²) in [5.41, 5.74) is 8.55. The van der Waals surface area contributed by atoms with Crippen molar-refractivity contribution in [2.75, 3.05) is 5.75 Å². The molecule has 2 heterocycles. The first kappa shape index (κ1) is 18.5. The van der Waals surface area contributed by atoms with Crippen LogP contribution in [0.2, 0.25) is 0 Å².